The Morgan fingerprint density at radius 2 is 2.00 bits per heavy atom. The molecular formula is C26H29N5O3. The van der Waals surface area contributed by atoms with Crippen LogP contribution in [0.3, 0.4) is 0 Å². The number of amides is 1. The Hall–Kier alpha value is -3.52. The van der Waals surface area contributed by atoms with Crippen molar-refractivity contribution in [2.45, 2.75) is 25.7 Å². The molecule has 0 radical (unpaired) electrons. The number of piperidine rings is 1. The SMILES string of the molecule is Cc1cccc(Oc2cncc([C@H]3CCCN(C(=O)c4ccnc(N5CCOCC5)c4)C3)n2)c1. The summed E-state index contributed by atoms with van der Waals surface area (Å²) in [4.78, 5) is 31.0. The second kappa shape index (κ2) is 10.2. The van der Waals surface area contributed by atoms with Crippen LogP contribution in [0.25, 0.3) is 0 Å². The third kappa shape index (κ3) is 5.17. The number of ether oxygens (including phenoxy) is 2. The first-order valence-electron chi connectivity index (χ1n) is 11.8. The van der Waals surface area contributed by atoms with Gasteiger partial charge in [0.1, 0.15) is 11.6 Å². The van der Waals surface area contributed by atoms with E-state index in [4.69, 9.17) is 14.5 Å². The normalized spacial score (nSPS) is 18.6. The minimum Gasteiger partial charge on any atom is -0.437 e. The standard InChI is InChI=1S/C26H29N5O3/c1-19-4-2-6-22(14-19)34-25-17-27-16-23(29-25)21-5-3-9-31(18-21)26(32)20-7-8-28-24(15-20)30-10-12-33-13-11-30/h2,4,6-8,14-17,21H,3,5,9-13,18H2,1H3/t21-/m0/s1. The zero-order chi connectivity index (χ0) is 23.3. The fourth-order valence-electron chi connectivity index (χ4n) is 4.51. The molecule has 34 heavy (non-hydrogen) atoms. The highest BCUT2D eigenvalue weighted by atomic mass is 16.5. The molecule has 2 fully saturated rings. The van der Waals surface area contributed by atoms with Crippen LogP contribution in [0, 0.1) is 6.92 Å². The number of hydrogen-bond acceptors (Lipinski definition) is 7. The number of benzene rings is 1. The molecule has 4 heterocycles. The Morgan fingerprint density at radius 3 is 2.85 bits per heavy atom. The molecule has 8 nitrogen and oxygen atoms in total. The number of pyridine rings is 1. The molecule has 5 rings (SSSR count). The van der Waals surface area contributed by atoms with Crippen molar-refractivity contribution in [1.82, 2.24) is 19.9 Å². The third-order valence-electron chi connectivity index (χ3n) is 6.30. The first-order chi connectivity index (χ1) is 16.7. The molecule has 0 saturated carbocycles. The van der Waals surface area contributed by atoms with E-state index in [1.807, 2.05) is 42.2 Å². The fourth-order valence-corrected chi connectivity index (χ4v) is 4.51. The molecule has 2 aliphatic rings. The summed E-state index contributed by atoms with van der Waals surface area (Å²) >= 11 is 0. The Morgan fingerprint density at radius 1 is 1.12 bits per heavy atom. The number of hydrogen-bond donors (Lipinski definition) is 0. The van der Waals surface area contributed by atoms with Crippen molar-refractivity contribution >= 4 is 11.7 Å². The van der Waals surface area contributed by atoms with Gasteiger partial charge in [0.2, 0.25) is 5.88 Å². The lowest BCUT2D eigenvalue weighted by molar-refractivity contribution is 0.0705. The van der Waals surface area contributed by atoms with E-state index in [0.717, 1.165) is 55.3 Å². The van der Waals surface area contributed by atoms with Crippen molar-refractivity contribution < 1.29 is 14.3 Å². The van der Waals surface area contributed by atoms with Gasteiger partial charge in [-0.2, -0.15) is 0 Å². The fraction of sp³-hybridized carbons (Fsp3) is 0.385. The van der Waals surface area contributed by atoms with Crippen LogP contribution in [0.4, 0.5) is 5.82 Å². The number of aryl methyl sites for hydroxylation is 1. The molecule has 1 atom stereocenters. The van der Waals surface area contributed by atoms with E-state index in [-0.39, 0.29) is 11.8 Å². The summed E-state index contributed by atoms with van der Waals surface area (Å²) < 4.78 is 11.4. The van der Waals surface area contributed by atoms with Gasteiger partial charge in [0.05, 0.1) is 25.1 Å². The van der Waals surface area contributed by atoms with Gasteiger partial charge in [-0.1, -0.05) is 12.1 Å². The second-order valence-electron chi connectivity index (χ2n) is 8.79. The first kappa shape index (κ1) is 22.3. The van der Waals surface area contributed by atoms with Crippen LogP contribution < -0.4 is 9.64 Å². The molecule has 1 amide bonds. The molecule has 0 aliphatic carbocycles. The predicted octanol–water partition coefficient (Wildman–Crippen LogP) is 3.83. The van der Waals surface area contributed by atoms with Crippen molar-refractivity contribution in [3.05, 3.63) is 71.8 Å². The van der Waals surface area contributed by atoms with E-state index >= 15 is 0 Å². The quantitative estimate of drug-likeness (QED) is 0.574. The summed E-state index contributed by atoms with van der Waals surface area (Å²) in [6.07, 6.45) is 7.01. The van der Waals surface area contributed by atoms with Crippen molar-refractivity contribution in [1.29, 1.82) is 0 Å². The number of anilines is 1. The van der Waals surface area contributed by atoms with Crippen LogP contribution in [-0.2, 0) is 4.74 Å². The Bertz CT molecular complexity index is 1150. The largest absolute Gasteiger partial charge is 0.437 e. The molecule has 2 aliphatic heterocycles. The number of likely N-dealkylation sites (tertiary alicyclic amines) is 1. The van der Waals surface area contributed by atoms with E-state index in [0.29, 0.717) is 31.2 Å². The summed E-state index contributed by atoms with van der Waals surface area (Å²) in [7, 11) is 0. The molecule has 176 valence electrons. The van der Waals surface area contributed by atoms with Gasteiger partial charge >= 0.3 is 0 Å². The molecule has 2 aromatic heterocycles. The average molecular weight is 460 g/mol. The van der Waals surface area contributed by atoms with E-state index in [9.17, 15) is 4.79 Å². The Kier molecular flexibility index (Phi) is 6.67. The highest BCUT2D eigenvalue weighted by molar-refractivity contribution is 5.95. The maximum Gasteiger partial charge on any atom is 0.254 e. The topological polar surface area (TPSA) is 80.7 Å². The molecular weight excluding hydrogens is 430 g/mol. The number of morpholine rings is 1. The van der Waals surface area contributed by atoms with Crippen LogP contribution in [0.2, 0.25) is 0 Å². The molecule has 0 unspecified atom stereocenters. The average Bonchev–Trinajstić information content (AvgIpc) is 2.89. The third-order valence-corrected chi connectivity index (χ3v) is 6.30. The van der Waals surface area contributed by atoms with Crippen molar-refractivity contribution in [2.75, 3.05) is 44.3 Å². The molecule has 3 aromatic rings. The summed E-state index contributed by atoms with van der Waals surface area (Å²) in [6.45, 7) is 6.30. The lowest BCUT2D eigenvalue weighted by Gasteiger charge is -2.33. The molecule has 8 heteroatoms. The zero-order valence-electron chi connectivity index (χ0n) is 19.4. The first-order valence-corrected chi connectivity index (χ1v) is 11.8. The number of carbonyl (C=O) groups is 1. The molecule has 1 aromatic carbocycles. The van der Waals surface area contributed by atoms with Gasteiger partial charge in [0, 0.05) is 50.1 Å². The maximum atomic E-state index is 13.3. The van der Waals surface area contributed by atoms with Gasteiger partial charge in [-0.05, 0) is 49.6 Å². The van der Waals surface area contributed by atoms with Crippen LogP contribution >= 0.6 is 0 Å². The lowest BCUT2D eigenvalue weighted by atomic mass is 9.94. The Balaban J connectivity index is 1.28. The zero-order valence-corrected chi connectivity index (χ0v) is 19.4. The summed E-state index contributed by atoms with van der Waals surface area (Å²) in [6, 6.07) is 11.5. The molecule has 2 saturated heterocycles. The van der Waals surface area contributed by atoms with Crippen molar-refractivity contribution in [3.63, 3.8) is 0 Å². The number of aromatic nitrogens is 3. The smallest absolute Gasteiger partial charge is 0.254 e. The molecule has 0 N–H and O–H groups in total. The summed E-state index contributed by atoms with van der Waals surface area (Å²) in [5, 5.41) is 0. The van der Waals surface area contributed by atoms with Crippen LogP contribution in [0.5, 0.6) is 11.6 Å². The minimum atomic E-state index is 0.0294. The van der Waals surface area contributed by atoms with Gasteiger partial charge in [0.25, 0.3) is 5.91 Å². The van der Waals surface area contributed by atoms with Crippen molar-refractivity contribution in [2.24, 2.45) is 0 Å². The lowest BCUT2D eigenvalue weighted by Crippen LogP contribution is -2.40. The van der Waals surface area contributed by atoms with Gasteiger partial charge < -0.3 is 19.3 Å². The molecule has 0 bridgehead atoms. The number of rotatable bonds is 5. The van der Waals surface area contributed by atoms with Crippen LogP contribution in [0.1, 0.15) is 40.4 Å². The monoisotopic (exact) mass is 459 g/mol. The van der Waals surface area contributed by atoms with Gasteiger partial charge in [-0.15, -0.1) is 0 Å². The second-order valence-corrected chi connectivity index (χ2v) is 8.79. The van der Waals surface area contributed by atoms with Crippen LogP contribution in [-0.4, -0.2) is 65.2 Å². The van der Waals surface area contributed by atoms with Gasteiger partial charge in [-0.3, -0.25) is 9.78 Å². The highest BCUT2D eigenvalue weighted by Gasteiger charge is 2.27. The summed E-state index contributed by atoms with van der Waals surface area (Å²) in [5.74, 6) is 2.18. The predicted molar refractivity (Wildman–Crippen MR) is 128 cm³/mol. The van der Waals surface area contributed by atoms with Crippen LogP contribution in [0.15, 0.2) is 55.0 Å². The number of nitrogens with zero attached hydrogens (tertiary/aromatic N) is 5. The minimum absolute atomic E-state index is 0.0294. The maximum absolute atomic E-state index is 13.3. The van der Waals surface area contributed by atoms with E-state index in [1.165, 1.54) is 0 Å². The van der Waals surface area contributed by atoms with Crippen molar-refractivity contribution in [3.8, 4) is 11.6 Å². The number of carbonyl (C=O) groups excluding carboxylic acids is 1. The summed E-state index contributed by atoms with van der Waals surface area (Å²) in [5.41, 5.74) is 2.64. The van der Waals surface area contributed by atoms with E-state index in [1.54, 1.807) is 24.7 Å². The highest BCUT2D eigenvalue weighted by Crippen LogP contribution is 2.29. The Labute approximate surface area is 199 Å². The van der Waals surface area contributed by atoms with E-state index < -0.39 is 0 Å². The van der Waals surface area contributed by atoms with Gasteiger partial charge in [-0.25, -0.2) is 9.97 Å². The molecule has 0 spiro atoms. The van der Waals surface area contributed by atoms with Gasteiger partial charge in [0.15, 0.2) is 0 Å². The van der Waals surface area contributed by atoms with E-state index in [2.05, 4.69) is 14.9 Å².